The van der Waals surface area contributed by atoms with Crippen LogP contribution in [0.3, 0.4) is 0 Å². The van der Waals surface area contributed by atoms with Gasteiger partial charge in [-0.25, -0.2) is 0 Å². The van der Waals surface area contributed by atoms with Crippen LogP contribution in [0.1, 0.15) is 39.0 Å². The van der Waals surface area contributed by atoms with E-state index in [1.54, 1.807) is 7.11 Å². The zero-order valence-corrected chi connectivity index (χ0v) is 16.0. The van der Waals surface area contributed by atoms with Crippen LogP contribution in [-0.2, 0) is 23.8 Å². The van der Waals surface area contributed by atoms with Gasteiger partial charge in [-0.2, -0.15) is 0 Å². The molecule has 2 aliphatic heterocycles. The van der Waals surface area contributed by atoms with E-state index < -0.39 is 35.1 Å². The minimum absolute atomic E-state index is 0.0217. The molecule has 8 unspecified atom stereocenters. The maximum atomic E-state index is 13.3. The summed E-state index contributed by atoms with van der Waals surface area (Å²) < 4.78 is 17.4. The first-order valence-electron chi connectivity index (χ1n) is 10.0. The fourth-order valence-electron chi connectivity index (χ4n) is 7.59. The van der Waals surface area contributed by atoms with Gasteiger partial charge in [0.1, 0.15) is 5.41 Å². The Bertz CT molecular complexity index is 732. The molecule has 0 aromatic heterocycles. The molecule has 2 bridgehead atoms. The monoisotopic (exact) mass is 376 g/mol. The van der Waals surface area contributed by atoms with Gasteiger partial charge in [0.2, 0.25) is 0 Å². The van der Waals surface area contributed by atoms with Crippen molar-refractivity contribution in [2.24, 2.45) is 34.0 Å². The van der Waals surface area contributed by atoms with Gasteiger partial charge in [-0.05, 0) is 42.6 Å². The Balaban J connectivity index is 1.70. The van der Waals surface area contributed by atoms with Gasteiger partial charge in [-0.1, -0.05) is 19.9 Å². The van der Waals surface area contributed by atoms with Crippen LogP contribution < -0.4 is 0 Å². The number of fused-ring (bicyclic) bond motifs is 4. The van der Waals surface area contributed by atoms with Gasteiger partial charge in [0.05, 0.1) is 19.3 Å². The molecule has 2 saturated heterocycles. The predicted octanol–water partition coefficient (Wildman–Crippen LogP) is 1.85. The molecular formula is C21H28O6. The molecule has 5 rings (SSSR count). The SMILES string of the molecule is C=C1C(=O)C23CC1CC(O)C2C1(CCCC2(C)COC(OC)C21)COC3=O. The normalized spacial score (nSPS) is 54.0. The second-order valence-electron chi connectivity index (χ2n) is 9.72. The van der Waals surface area contributed by atoms with Crippen molar-refractivity contribution in [1.29, 1.82) is 0 Å². The summed E-state index contributed by atoms with van der Waals surface area (Å²) in [6, 6.07) is 0. The number of ketones is 1. The number of carbonyl (C=O) groups excluding carboxylic acids is 2. The van der Waals surface area contributed by atoms with E-state index in [4.69, 9.17) is 14.2 Å². The highest BCUT2D eigenvalue weighted by molar-refractivity contribution is 6.15. The van der Waals surface area contributed by atoms with Crippen LogP contribution in [-0.4, -0.2) is 49.6 Å². The number of cyclic esters (lactones) is 1. The van der Waals surface area contributed by atoms with Crippen molar-refractivity contribution in [3.8, 4) is 0 Å². The Kier molecular flexibility index (Phi) is 3.58. The minimum Gasteiger partial charge on any atom is -0.464 e. The number of esters is 1. The van der Waals surface area contributed by atoms with Crippen LogP contribution in [0.4, 0.5) is 0 Å². The van der Waals surface area contributed by atoms with Crippen molar-refractivity contribution in [3.63, 3.8) is 0 Å². The number of aliphatic hydroxyl groups excluding tert-OH is 1. The minimum atomic E-state index is -1.28. The number of methoxy groups -OCH3 is 1. The number of hydrogen-bond donors (Lipinski definition) is 1. The molecule has 1 N–H and O–H groups in total. The zero-order chi connectivity index (χ0) is 19.2. The smallest absolute Gasteiger partial charge is 0.320 e. The van der Waals surface area contributed by atoms with Gasteiger partial charge in [0.25, 0.3) is 0 Å². The van der Waals surface area contributed by atoms with Gasteiger partial charge < -0.3 is 19.3 Å². The maximum absolute atomic E-state index is 13.3. The molecule has 148 valence electrons. The third kappa shape index (κ3) is 1.92. The van der Waals surface area contributed by atoms with E-state index in [-0.39, 0.29) is 29.6 Å². The summed E-state index contributed by atoms with van der Waals surface area (Å²) in [5.74, 6) is -1.28. The highest BCUT2D eigenvalue weighted by Gasteiger charge is 2.76. The van der Waals surface area contributed by atoms with Crippen molar-refractivity contribution in [2.45, 2.75) is 51.4 Å². The number of ether oxygens (including phenoxy) is 3. The van der Waals surface area contributed by atoms with Crippen molar-refractivity contribution in [3.05, 3.63) is 12.2 Å². The highest BCUT2D eigenvalue weighted by Crippen LogP contribution is 2.69. The number of Topliss-reactive ketones (excluding diaryl/α,β-unsaturated/α-hetero) is 1. The molecule has 2 spiro atoms. The van der Waals surface area contributed by atoms with Crippen LogP contribution >= 0.6 is 0 Å². The second-order valence-corrected chi connectivity index (χ2v) is 9.72. The highest BCUT2D eigenvalue weighted by atomic mass is 16.7. The summed E-state index contributed by atoms with van der Waals surface area (Å²) in [6.45, 7) is 6.98. The molecule has 6 heteroatoms. The lowest BCUT2D eigenvalue weighted by Gasteiger charge is -2.61. The molecule has 6 nitrogen and oxygen atoms in total. The summed E-state index contributed by atoms with van der Waals surface area (Å²) in [6.07, 6.45) is 2.56. The molecule has 2 heterocycles. The van der Waals surface area contributed by atoms with Crippen molar-refractivity contribution < 1.29 is 28.9 Å². The molecule has 27 heavy (non-hydrogen) atoms. The van der Waals surface area contributed by atoms with E-state index in [1.807, 2.05) is 0 Å². The van der Waals surface area contributed by atoms with E-state index in [0.717, 1.165) is 19.3 Å². The Morgan fingerprint density at radius 2 is 2.00 bits per heavy atom. The summed E-state index contributed by atoms with van der Waals surface area (Å²) in [7, 11) is 1.64. The Labute approximate surface area is 159 Å². The van der Waals surface area contributed by atoms with E-state index in [0.29, 0.717) is 25.0 Å². The number of aliphatic hydroxyl groups is 1. The molecule has 3 saturated carbocycles. The Hall–Kier alpha value is -1.24. The first kappa shape index (κ1) is 17.8. The molecule has 8 atom stereocenters. The van der Waals surface area contributed by atoms with Gasteiger partial charge in [-0.15, -0.1) is 0 Å². The van der Waals surface area contributed by atoms with Gasteiger partial charge in [0, 0.05) is 24.4 Å². The lowest BCUT2D eigenvalue weighted by Crippen LogP contribution is -2.67. The summed E-state index contributed by atoms with van der Waals surface area (Å²) >= 11 is 0. The van der Waals surface area contributed by atoms with Crippen LogP contribution in [0.25, 0.3) is 0 Å². The first-order chi connectivity index (χ1) is 12.8. The lowest BCUT2D eigenvalue weighted by molar-refractivity contribution is -0.244. The number of allylic oxidation sites excluding steroid dienone is 1. The van der Waals surface area contributed by atoms with Crippen molar-refractivity contribution >= 4 is 11.8 Å². The molecule has 0 aromatic carbocycles. The van der Waals surface area contributed by atoms with E-state index in [2.05, 4.69) is 13.5 Å². The average Bonchev–Trinajstić information content (AvgIpc) is 3.09. The topological polar surface area (TPSA) is 82.1 Å². The summed E-state index contributed by atoms with van der Waals surface area (Å²) in [4.78, 5) is 26.3. The third-order valence-corrected chi connectivity index (χ3v) is 8.50. The standard InChI is InChI=1S/C21H28O6/c1-11-12-7-13(22)14-20(10-27-18(24)21(14,8-12)16(11)23)6-4-5-19(2)9-26-17(25-3)15(19)20/h12-15,17,22H,1,4-10H2,2-3H3. The number of rotatable bonds is 1. The van der Waals surface area contributed by atoms with Gasteiger partial charge >= 0.3 is 5.97 Å². The van der Waals surface area contributed by atoms with Crippen molar-refractivity contribution in [1.82, 2.24) is 0 Å². The van der Waals surface area contributed by atoms with Crippen LogP contribution in [0, 0.1) is 34.0 Å². The van der Waals surface area contributed by atoms with Crippen LogP contribution in [0.5, 0.6) is 0 Å². The molecular weight excluding hydrogens is 348 g/mol. The average molecular weight is 376 g/mol. The van der Waals surface area contributed by atoms with Crippen LogP contribution in [0.2, 0.25) is 0 Å². The number of hydrogen-bond acceptors (Lipinski definition) is 6. The first-order valence-corrected chi connectivity index (χ1v) is 10.0. The van der Waals surface area contributed by atoms with E-state index >= 15 is 0 Å². The molecule has 5 aliphatic rings. The third-order valence-electron chi connectivity index (χ3n) is 8.50. The summed E-state index contributed by atoms with van der Waals surface area (Å²) in [5.41, 5.74) is -1.42. The van der Waals surface area contributed by atoms with Gasteiger partial charge in [-0.3, -0.25) is 9.59 Å². The molecule has 0 aromatic rings. The van der Waals surface area contributed by atoms with E-state index in [9.17, 15) is 14.7 Å². The fraction of sp³-hybridized carbons (Fsp3) is 0.810. The number of carbonyl (C=O) groups is 2. The molecule has 0 amide bonds. The van der Waals surface area contributed by atoms with Crippen LogP contribution in [0.15, 0.2) is 12.2 Å². The Morgan fingerprint density at radius 3 is 2.74 bits per heavy atom. The Morgan fingerprint density at radius 1 is 1.22 bits per heavy atom. The largest absolute Gasteiger partial charge is 0.464 e. The predicted molar refractivity (Wildman–Crippen MR) is 94.4 cm³/mol. The maximum Gasteiger partial charge on any atom is 0.320 e. The zero-order valence-electron chi connectivity index (χ0n) is 16.0. The summed E-state index contributed by atoms with van der Waals surface area (Å²) in [5, 5.41) is 11.2. The quantitative estimate of drug-likeness (QED) is 0.427. The molecule has 0 radical (unpaired) electrons. The van der Waals surface area contributed by atoms with E-state index in [1.165, 1.54) is 0 Å². The van der Waals surface area contributed by atoms with Crippen molar-refractivity contribution in [2.75, 3.05) is 20.3 Å². The second kappa shape index (κ2) is 5.43. The fourth-order valence-corrected chi connectivity index (χ4v) is 7.59. The molecule has 3 aliphatic carbocycles. The molecule has 5 fully saturated rings. The lowest BCUT2D eigenvalue weighted by atomic mass is 9.44. The van der Waals surface area contributed by atoms with Gasteiger partial charge in [0.15, 0.2) is 12.1 Å².